The SMILES string of the molecule is CN(Cc1ccccc1F)c1cccc(C(N)=O)c1N. The molecule has 0 aliphatic carbocycles. The number of nitrogen functional groups attached to an aromatic ring is 1. The fourth-order valence-electron chi connectivity index (χ4n) is 2.07. The lowest BCUT2D eigenvalue weighted by molar-refractivity contribution is 0.100. The van der Waals surface area contributed by atoms with Crippen LogP contribution in [0.25, 0.3) is 0 Å². The van der Waals surface area contributed by atoms with Gasteiger partial charge in [0, 0.05) is 19.2 Å². The van der Waals surface area contributed by atoms with Crippen molar-refractivity contribution in [2.45, 2.75) is 6.54 Å². The van der Waals surface area contributed by atoms with Gasteiger partial charge in [0.15, 0.2) is 0 Å². The zero-order chi connectivity index (χ0) is 14.7. The minimum absolute atomic E-state index is 0.267. The van der Waals surface area contributed by atoms with E-state index in [-0.39, 0.29) is 11.4 Å². The summed E-state index contributed by atoms with van der Waals surface area (Å²) in [7, 11) is 1.78. The number of carbonyl (C=O) groups is 1. The van der Waals surface area contributed by atoms with Crippen molar-refractivity contribution in [2.24, 2.45) is 5.73 Å². The van der Waals surface area contributed by atoms with Crippen LogP contribution in [0.2, 0.25) is 0 Å². The third-order valence-corrected chi connectivity index (χ3v) is 3.13. The molecule has 4 N–H and O–H groups in total. The summed E-state index contributed by atoms with van der Waals surface area (Å²) < 4.78 is 13.6. The summed E-state index contributed by atoms with van der Waals surface area (Å²) in [5.41, 5.74) is 13.0. The van der Waals surface area contributed by atoms with Gasteiger partial charge in [0.25, 0.3) is 5.91 Å². The smallest absolute Gasteiger partial charge is 0.250 e. The Bertz CT molecular complexity index is 643. The second kappa shape index (κ2) is 5.61. The van der Waals surface area contributed by atoms with E-state index in [1.54, 1.807) is 48.3 Å². The van der Waals surface area contributed by atoms with Gasteiger partial charge in [-0.25, -0.2) is 4.39 Å². The number of rotatable bonds is 4. The predicted octanol–water partition coefficient (Wildman–Crippen LogP) is 2.14. The van der Waals surface area contributed by atoms with Gasteiger partial charge in [-0.1, -0.05) is 24.3 Å². The molecule has 0 saturated carbocycles. The Morgan fingerprint density at radius 1 is 1.20 bits per heavy atom. The lowest BCUT2D eigenvalue weighted by Gasteiger charge is -2.22. The van der Waals surface area contributed by atoms with Gasteiger partial charge < -0.3 is 16.4 Å². The van der Waals surface area contributed by atoms with Gasteiger partial charge in [0.2, 0.25) is 0 Å². The molecule has 0 bridgehead atoms. The van der Waals surface area contributed by atoms with Crippen molar-refractivity contribution in [3.8, 4) is 0 Å². The number of amides is 1. The van der Waals surface area contributed by atoms with Crippen LogP contribution in [0.3, 0.4) is 0 Å². The third kappa shape index (κ3) is 2.71. The average Bonchev–Trinajstić information content (AvgIpc) is 2.41. The first-order valence-corrected chi connectivity index (χ1v) is 6.13. The summed E-state index contributed by atoms with van der Waals surface area (Å²) in [6.45, 7) is 0.346. The van der Waals surface area contributed by atoms with E-state index >= 15 is 0 Å². The molecule has 0 fully saturated rings. The normalized spacial score (nSPS) is 10.3. The Morgan fingerprint density at radius 3 is 2.55 bits per heavy atom. The van der Waals surface area contributed by atoms with Gasteiger partial charge in [-0.05, 0) is 18.2 Å². The Balaban J connectivity index is 2.30. The fraction of sp³-hybridized carbons (Fsp3) is 0.133. The van der Waals surface area contributed by atoms with Crippen LogP contribution in [0, 0.1) is 5.82 Å². The molecule has 0 spiro atoms. The van der Waals surface area contributed by atoms with Crippen molar-refractivity contribution in [3.63, 3.8) is 0 Å². The molecule has 0 unspecified atom stereocenters. The van der Waals surface area contributed by atoms with E-state index in [9.17, 15) is 9.18 Å². The van der Waals surface area contributed by atoms with Crippen LogP contribution < -0.4 is 16.4 Å². The highest BCUT2D eigenvalue weighted by molar-refractivity contribution is 6.00. The number of nitrogens with zero attached hydrogens (tertiary/aromatic N) is 1. The highest BCUT2D eigenvalue weighted by atomic mass is 19.1. The number of hydrogen-bond acceptors (Lipinski definition) is 3. The van der Waals surface area contributed by atoms with E-state index in [0.717, 1.165) is 0 Å². The molecule has 1 amide bonds. The van der Waals surface area contributed by atoms with Crippen molar-refractivity contribution < 1.29 is 9.18 Å². The number of halogens is 1. The van der Waals surface area contributed by atoms with E-state index in [1.165, 1.54) is 6.07 Å². The number of anilines is 2. The Labute approximate surface area is 116 Å². The molecule has 2 rings (SSSR count). The van der Waals surface area contributed by atoms with Crippen molar-refractivity contribution in [1.29, 1.82) is 0 Å². The average molecular weight is 273 g/mol. The fourth-order valence-corrected chi connectivity index (χ4v) is 2.07. The number of carbonyl (C=O) groups excluding carboxylic acids is 1. The van der Waals surface area contributed by atoms with E-state index in [2.05, 4.69) is 0 Å². The lowest BCUT2D eigenvalue weighted by atomic mass is 10.1. The van der Waals surface area contributed by atoms with Gasteiger partial charge in [0.05, 0.1) is 16.9 Å². The minimum atomic E-state index is -0.580. The first kappa shape index (κ1) is 13.9. The maximum absolute atomic E-state index is 13.6. The van der Waals surface area contributed by atoms with E-state index < -0.39 is 5.91 Å². The maximum Gasteiger partial charge on any atom is 0.250 e. The van der Waals surface area contributed by atoms with Crippen LogP contribution in [0.4, 0.5) is 15.8 Å². The van der Waals surface area contributed by atoms with Gasteiger partial charge >= 0.3 is 0 Å². The first-order valence-electron chi connectivity index (χ1n) is 6.13. The first-order chi connectivity index (χ1) is 9.50. The molecule has 0 aliphatic heterocycles. The quantitative estimate of drug-likeness (QED) is 0.838. The van der Waals surface area contributed by atoms with E-state index in [1.807, 2.05) is 0 Å². The zero-order valence-electron chi connectivity index (χ0n) is 11.1. The van der Waals surface area contributed by atoms with Crippen molar-refractivity contribution in [1.82, 2.24) is 0 Å². The van der Waals surface area contributed by atoms with Crippen molar-refractivity contribution >= 4 is 17.3 Å². The molecule has 0 aromatic heterocycles. The van der Waals surface area contributed by atoms with Crippen molar-refractivity contribution in [3.05, 3.63) is 59.4 Å². The molecule has 0 atom stereocenters. The number of nitrogens with two attached hydrogens (primary N) is 2. The van der Waals surface area contributed by atoms with Crippen LogP contribution in [0.5, 0.6) is 0 Å². The molecule has 5 heteroatoms. The number of primary amides is 1. The third-order valence-electron chi connectivity index (χ3n) is 3.13. The molecule has 2 aromatic carbocycles. The van der Waals surface area contributed by atoms with Crippen LogP contribution in [-0.4, -0.2) is 13.0 Å². The van der Waals surface area contributed by atoms with Crippen molar-refractivity contribution in [2.75, 3.05) is 17.7 Å². The monoisotopic (exact) mass is 273 g/mol. The van der Waals surface area contributed by atoms with Crippen LogP contribution in [0.1, 0.15) is 15.9 Å². The van der Waals surface area contributed by atoms with Gasteiger partial charge in [-0.2, -0.15) is 0 Å². The zero-order valence-corrected chi connectivity index (χ0v) is 11.1. The van der Waals surface area contributed by atoms with Gasteiger partial charge in [-0.3, -0.25) is 4.79 Å². The van der Waals surface area contributed by atoms with Crippen LogP contribution >= 0.6 is 0 Å². The molecular formula is C15H16FN3O. The number of para-hydroxylation sites is 1. The summed E-state index contributed by atoms with van der Waals surface area (Å²) in [6, 6.07) is 11.6. The lowest BCUT2D eigenvalue weighted by Crippen LogP contribution is -2.21. The topological polar surface area (TPSA) is 72.3 Å². The molecular weight excluding hydrogens is 257 g/mol. The summed E-state index contributed by atoms with van der Waals surface area (Å²) in [6.07, 6.45) is 0. The highest BCUT2D eigenvalue weighted by Crippen LogP contribution is 2.27. The highest BCUT2D eigenvalue weighted by Gasteiger charge is 2.13. The minimum Gasteiger partial charge on any atom is -0.396 e. The molecule has 0 saturated heterocycles. The second-order valence-corrected chi connectivity index (χ2v) is 4.55. The molecule has 0 aliphatic rings. The Hall–Kier alpha value is -2.56. The molecule has 0 radical (unpaired) electrons. The Kier molecular flexibility index (Phi) is 3.89. The maximum atomic E-state index is 13.6. The molecule has 0 heterocycles. The predicted molar refractivity (Wildman–Crippen MR) is 77.9 cm³/mol. The number of benzene rings is 2. The summed E-state index contributed by atoms with van der Waals surface area (Å²) in [5.74, 6) is -0.854. The van der Waals surface area contributed by atoms with Gasteiger partial charge in [0.1, 0.15) is 5.82 Å². The molecule has 4 nitrogen and oxygen atoms in total. The summed E-state index contributed by atoms with van der Waals surface area (Å²) >= 11 is 0. The van der Waals surface area contributed by atoms with Crippen LogP contribution in [-0.2, 0) is 6.54 Å². The van der Waals surface area contributed by atoms with Crippen LogP contribution in [0.15, 0.2) is 42.5 Å². The summed E-state index contributed by atoms with van der Waals surface area (Å²) in [4.78, 5) is 13.1. The largest absolute Gasteiger partial charge is 0.396 e. The summed E-state index contributed by atoms with van der Waals surface area (Å²) in [5, 5.41) is 0. The second-order valence-electron chi connectivity index (χ2n) is 4.55. The van der Waals surface area contributed by atoms with Gasteiger partial charge in [-0.15, -0.1) is 0 Å². The molecule has 20 heavy (non-hydrogen) atoms. The molecule has 2 aromatic rings. The molecule has 104 valence electrons. The van der Waals surface area contributed by atoms with E-state index in [0.29, 0.717) is 23.5 Å². The Morgan fingerprint density at radius 2 is 1.90 bits per heavy atom. The van der Waals surface area contributed by atoms with E-state index in [4.69, 9.17) is 11.5 Å². The standard InChI is InChI=1S/C15H16FN3O/c1-19(9-10-5-2-3-7-12(10)16)13-8-4-6-11(14(13)17)15(18)20/h2-8H,9,17H2,1H3,(H2,18,20). The number of hydrogen-bond donors (Lipinski definition) is 2.